The lowest BCUT2D eigenvalue weighted by Crippen LogP contribution is -2.47. The SMILES string of the molecule is CCCC(=O)N(Cc1cccc(Br)c1)C(C)C(=O)NCC. The summed E-state index contributed by atoms with van der Waals surface area (Å²) in [6, 6.07) is 7.33. The third-order valence-corrected chi connectivity index (χ3v) is 3.72. The molecule has 0 spiro atoms. The van der Waals surface area contributed by atoms with E-state index in [-0.39, 0.29) is 11.8 Å². The Hall–Kier alpha value is -1.36. The molecule has 1 rings (SSSR count). The maximum Gasteiger partial charge on any atom is 0.242 e. The highest BCUT2D eigenvalue weighted by Gasteiger charge is 2.25. The summed E-state index contributed by atoms with van der Waals surface area (Å²) in [5.74, 6) is -0.104. The number of hydrogen-bond donors (Lipinski definition) is 1. The minimum atomic E-state index is -0.469. The van der Waals surface area contributed by atoms with E-state index in [9.17, 15) is 9.59 Å². The van der Waals surface area contributed by atoms with Crippen molar-refractivity contribution in [1.29, 1.82) is 0 Å². The van der Waals surface area contributed by atoms with Gasteiger partial charge in [0.15, 0.2) is 0 Å². The first-order valence-electron chi connectivity index (χ1n) is 7.31. The highest BCUT2D eigenvalue weighted by atomic mass is 79.9. The lowest BCUT2D eigenvalue weighted by atomic mass is 10.1. The van der Waals surface area contributed by atoms with E-state index in [4.69, 9.17) is 0 Å². The molecule has 0 fully saturated rings. The van der Waals surface area contributed by atoms with E-state index in [1.807, 2.05) is 38.1 Å². The molecule has 5 heteroatoms. The molecule has 116 valence electrons. The molecule has 0 saturated carbocycles. The van der Waals surface area contributed by atoms with Crippen LogP contribution in [0.15, 0.2) is 28.7 Å². The number of likely N-dealkylation sites (N-methyl/N-ethyl adjacent to an activating group) is 1. The summed E-state index contributed by atoms with van der Waals surface area (Å²) in [4.78, 5) is 26.0. The first kappa shape index (κ1) is 17.7. The number of rotatable bonds is 7. The molecule has 0 radical (unpaired) electrons. The number of amides is 2. The second-order valence-corrected chi connectivity index (χ2v) is 5.89. The molecule has 2 amide bonds. The molecule has 0 saturated heterocycles. The van der Waals surface area contributed by atoms with E-state index >= 15 is 0 Å². The Labute approximate surface area is 135 Å². The number of hydrogen-bond acceptors (Lipinski definition) is 2. The standard InChI is InChI=1S/C16H23BrN2O2/c1-4-7-15(20)19(12(3)16(21)18-5-2)11-13-8-6-9-14(17)10-13/h6,8-10,12H,4-5,7,11H2,1-3H3,(H,18,21). The van der Waals surface area contributed by atoms with E-state index in [1.54, 1.807) is 11.8 Å². The van der Waals surface area contributed by atoms with Gasteiger partial charge in [0.2, 0.25) is 11.8 Å². The number of nitrogens with one attached hydrogen (secondary N) is 1. The Balaban J connectivity index is 2.91. The van der Waals surface area contributed by atoms with Crippen molar-refractivity contribution in [3.05, 3.63) is 34.3 Å². The van der Waals surface area contributed by atoms with Gasteiger partial charge in [-0.1, -0.05) is 35.0 Å². The second kappa shape index (κ2) is 8.82. The Bertz CT molecular complexity index is 491. The van der Waals surface area contributed by atoms with Gasteiger partial charge in [-0.3, -0.25) is 9.59 Å². The smallest absolute Gasteiger partial charge is 0.242 e. The lowest BCUT2D eigenvalue weighted by Gasteiger charge is -2.28. The van der Waals surface area contributed by atoms with Crippen LogP contribution in [0.2, 0.25) is 0 Å². The third-order valence-electron chi connectivity index (χ3n) is 3.22. The minimum Gasteiger partial charge on any atom is -0.355 e. The van der Waals surface area contributed by atoms with Crippen LogP contribution in [0.25, 0.3) is 0 Å². The summed E-state index contributed by atoms with van der Waals surface area (Å²) in [6.07, 6.45) is 1.23. The van der Waals surface area contributed by atoms with Crippen molar-refractivity contribution in [2.75, 3.05) is 6.54 Å². The van der Waals surface area contributed by atoms with Crippen LogP contribution in [-0.2, 0) is 16.1 Å². The number of benzene rings is 1. The molecule has 1 aromatic rings. The van der Waals surface area contributed by atoms with Crippen LogP contribution in [0.4, 0.5) is 0 Å². The lowest BCUT2D eigenvalue weighted by molar-refractivity contribution is -0.140. The number of carbonyl (C=O) groups is 2. The summed E-state index contributed by atoms with van der Waals surface area (Å²) in [5, 5.41) is 2.78. The van der Waals surface area contributed by atoms with Crippen molar-refractivity contribution >= 4 is 27.7 Å². The summed E-state index contributed by atoms with van der Waals surface area (Å²) >= 11 is 3.43. The van der Waals surface area contributed by atoms with Crippen LogP contribution in [0, 0.1) is 0 Å². The summed E-state index contributed by atoms with van der Waals surface area (Å²) in [6.45, 7) is 6.62. The van der Waals surface area contributed by atoms with Gasteiger partial charge < -0.3 is 10.2 Å². The fraction of sp³-hybridized carbons (Fsp3) is 0.500. The number of carbonyl (C=O) groups excluding carboxylic acids is 2. The van der Waals surface area contributed by atoms with Crippen molar-refractivity contribution in [3.63, 3.8) is 0 Å². The van der Waals surface area contributed by atoms with E-state index in [0.717, 1.165) is 16.5 Å². The summed E-state index contributed by atoms with van der Waals surface area (Å²) in [7, 11) is 0. The molecule has 1 N–H and O–H groups in total. The summed E-state index contributed by atoms with van der Waals surface area (Å²) in [5.41, 5.74) is 1.00. The molecule has 0 heterocycles. The first-order valence-corrected chi connectivity index (χ1v) is 8.10. The average molecular weight is 355 g/mol. The van der Waals surface area contributed by atoms with Crippen LogP contribution < -0.4 is 5.32 Å². The molecular formula is C16H23BrN2O2. The molecule has 1 atom stereocenters. The zero-order valence-electron chi connectivity index (χ0n) is 12.9. The van der Waals surface area contributed by atoms with E-state index in [0.29, 0.717) is 19.5 Å². The molecular weight excluding hydrogens is 332 g/mol. The van der Waals surface area contributed by atoms with Gasteiger partial charge in [0.25, 0.3) is 0 Å². The quantitative estimate of drug-likeness (QED) is 0.817. The predicted molar refractivity (Wildman–Crippen MR) is 87.7 cm³/mol. The molecule has 0 aromatic heterocycles. The van der Waals surface area contributed by atoms with Crippen LogP contribution in [0.5, 0.6) is 0 Å². The van der Waals surface area contributed by atoms with Crippen molar-refractivity contribution in [3.8, 4) is 0 Å². The highest BCUT2D eigenvalue weighted by molar-refractivity contribution is 9.10. The highest BCUT2D eigenvalue weighted by Crippen LogP contribution is 2.16. The van der Waals surface area contributed by atoms with Gasteiger partial charge in [-0.2, -0.15) is 0 Å². The van der Waals surface area contributed by atoms with Gasteiger partial charge in [-0.05, 0) is 38.0 Å². The number of halogens is 1. The summed E-state index contributed by atoms with van der Waals surface area (Å²) < 4.78 is 0.966. The minimum absolute atomic E-state index is 0.0104. The second-order valence-electron chi connectivity index (χ2n) is 4.97. The Morgan fingerprint density at radius 3 is 2.62 bits per heavy atom. The van der Waals surface area contributed by atoms with Crippen molar-refractivity contribution < 1.29 is 9.59 Å². The maximum absolute atomic E-state index is 12.3. The van der Waals surface area contributed by atoms with E-state index in [1.165, 1.54) is 0 Å². The van der Waals surface area contributed by atoms with Crippen LogP contribution in [-0.4, -0.2) is 29.3 Å². The normalized spacial score (nSPS) is 11.8. The predicted octanol–water partition coefficient (Wildman–Crippen LogP) is 3.10. The van der Waals surface area contributed by atoms with Gasteiger partial charge in [-0.25, -0.2) is 0 Å². The number of nitrogens with zero attached hydrogens (tertiary/aromatic N) is 1. The molecule has 4 nitrogen and oxygen atoms in total. The van der Waals surface area contributed by atoms with E-state index < -0.39 is 6.04 Å². The van der Waals surface area contributed by atoms with Gasteiger partial charge in [0.1, 0.15) is 6.04 Å². The Kier molecular flexibility index (Phi) is 7.43. The molecule has 21 heavy (non-hydrogen) atoms. The van der Waals surface area contributed by atoms with Crippen molar-refractivity contribution in [2.24, 2.45) is 0 Å². The zero-order chi connectivity index (χ0) is 15.8. The van der Waals surface area contributed by atoms with Gasteiger partial charge in [0, 0.05) is 24.0 Å². The molecule has 0 aliphatic rings. The molecule has 0 aliphatic carbocycles. The average Bonchev–Trinajstić information content (AvgIpc) is 2.44. The van der Waals surface area contributed by atoms with Crippen LogP contribution in [0.3, 0.4) is 0 Å². The van der Waals surface area contributed by atoms with Crippen LogP contribution >= 0.6 is 15.9 Å². The fourth-order valence-corrected chi connectivity index (χ4v) is 2.54. The van der Waals surface area contributed by atoms with Crippen LogP contribution in [0.1, 0.15) is 39.2 Å². The topological polar surface area (TPSA) is 49.4 Å². The molecule has 0 bridgehead atoms. The van der Waals surface area contributed by atoms with Gasteiger partial charge in [0.05, 0.1) is 0 Å². The fourth-order valence-electron chi connectivity index (χ4n) is 2.09. The Morgan fingerprint density at radius 1 is 1.33 bits per heavy atom. The maximum atomic E-state index is 12.3. The Morgan fingerprint density at radius 2 is 2.05 bits per heavy atom. The molecule has 1 aromatic carbocycles. The largest absolute Gasteiger partial charge is 0.355 e. The zero-order valence-corrected chi connectivity index (χ0v) is 14.4. The molecule has 0 aliphatic heterocycles. The first-order chi connectivity index (χ1) is 9.99. The van der Waals surface area contributed by atoms with Gasteiger partial charge in [-0.15, -0.1) is 0 Å². The van der Waals surface area contributed by atoms with Gasteiger partial charge >= 0.3 is 0 Å². The van der Waals surface area contributed by atoms with Crippen molar-refractivity contribution in [1.82, 2.24) is 10.2 Å². The monoisotopic (exact) mass is 354 g/mol. The van der Waals surface area contributed by atoms with Crippen molar-refractivity contribution in [2.45, 2.75) is 46.2 Å². The third kappa shape index (κ3) is 5.50. The van der Waals surface area contributed by atoms with E-state index in [2.05, 4.69) is 21.2 Å². The molecule has 1 unspecified atom stereocenters.